The summed E-state index contributed by atoms with van der Waals surface area (Å²) < 4.78 is 0. The third-order valence-corrected chi connectivity index (χ3v) is 7.06. The van der Waals surface area contributed by atoms with Crippen LogP contribution in [0.5, 0.6) is 0 Å². The molecule has 4 heterocycles. The fraction of sp³-hybridized carbons (Fsp3) is 0.474. The Bertz CT molecular complexity index is 737. The van der Waals surface area contributed by atoms with Crippen molar-refractivity contribution in [3.8, 4) is 0 Å². The smallest absolute Gasteiger partial charge is 0.264 e. The molecule has 2 aliphatic heterocycles. The molecular formula is C19H23N3O2S2. The number of likely N-dealkylation sites (tertiary alicyclic amines) is 1. The van der Waals surface area contributed by atoms with Gasteiger partial charge in [-0.15, -0.1) is 22.7 Å². The summed E-state index contributed by atoms with van der Waals surface area (Å²) in [6.07, 6.45) is 2.29. The van der Waals surface area contributed by atoms with E-state index in [2.05, 4.69) is 22.4 Å². The number of carbonyl (C=O) groups excluding carboxylic acids is 2. The van der Waals surface area contributed by atoms with Gasteiger partial charge in [0.15, 0.2) is 0 Å². The highest BCUT2D eigenvalue weighted by molar-refractivity contribution is 7.12. The SMILES string of the molecule is O=C(CN1CCC[C@@H]1c1cccs1)N1CCN(C(=O)c2cccs2)CC1. The van der Waals surface area contributed by atoms with Gasteiger partial charge in [0.25, 0.3) is 5.91 Å². The van der Waals surface area contributed by atoms with Gasteiger partial charge in [0.05, 0.1) is 11.4 Å². The number of hydrogen-bond acceptors (Lipinski definition) is 5. The highest BCUT2D eigenvalue weighted by Crippen LogP contribution is 2.34. The molecule has 138 valence electrons. The van der Waals surface area contributed by atoms with E-state index in [9.17, 15) is 9.59 Å². The van der Waals surface area contributed by atoms with Gasteiger partial charge in [-0.2, -0.15) is 0 Å². The minimum atomic E-state index is 0.0874. The van der Waals surface area contributed by atoms with E-state index in [0.29, 0.717) is 38.8 Å². The molecule has 0 bridgehead atoms. The maximum Gasteiger partial charge on any atom is 0.264 e. The Kier molecular flexibility index (Phi) is 5.38. The molecule has 2 aromatic heterocycles. The first-order chi connectivity index (χ1) is 12.7. The summed E-state index contributed by atoms with van der Waals surface area (Å²) in [5, 5.41) is 4.03. The Hall–Kier alpha value is -1.70. The predicted molar refractivity (Wildman–Crippen MR) is 105 cm³/mol. The second kappa shape index (κ2) is 7.90. The van der Waals surface area contributed by atoms with Gasteiger partial charge in [0.1, 0.15) is 0 Å². The van der Waals surface area contributed by atoms with Crippen LogP contribution in [-0.4, -0.2) is 65.8 Å². The monoisotopic (exact) mass is 389 g/mol. The minimum absolute atomic E-state index is 0.0874. The van der Waals surface area contributed by atoms with Crippen molar-refractivity contribution >= 4 is 34.5 Å². The molecule has 2 fully saturated rings. The number of piperazine rings is 1. The van der Waals surface area contributed by atoms with Gasteiger partial charge in [0.2, 0.25) is 5.91 Å². The van der Waals surface area contributed by atoms with Gasteiger partial charge in [0, 0.05) is 37.1 Å². The first-order valence-electron chi connectivity index (χ1n) is 9.10. The Labute approximate surface area is 161 Å². The summed E-state index contributed by atoms with van der Waals surface area (Å²) in [6.45, 7) is 3.99. The summed E-state index contributed by atoms with van der Waals surface area (Å²) in [6, 6.07) is 8.41. The van der Waals surface area contributed by atoms with E-state index in [0.717, 1.165) is 24.3 Å². The third kappa shape index (κ3) is 3.70. The van der Waals surface area contributed by atoms with Crippen molar-refractivity contribution in [3.05, 3.63) is 44.8 Å². The molecule has 2 amide bonds. The van der Waals surface area contributed by atoms with E-state index in [1.807, 2.05) is 27.3 Å². The van der Waals surface area contributed by atoms with Crippen molar-refractivity contribution in [1.29, 1.82) is 0 Å². The molecule has 0 unspecified atom stereocenters. The largest absolute Gasteiger partial charge is 0.338 e. The molecule has 2 aliphatic rings. The van der Waals surface area contributed by atoms with Crippen LogP contribution in [0.2, 0.25) is 0 Å². The number of thiophene rings is 2. The molecule has 0 spiro atoms. The lowest BCUT2D eigenvalue weighted by Crippen LogP contribution is -2.52. The standard InChI is InChI=1S/C19H23N3O2S2/c23-18(14-22-7-1-4-15(22)16-5-2-12-25-16)20-8-10-21(11-9-20)19(24)17-6-3-13-26-17/h2-3,5-6,12-13,15H,1,4,7-11,14H2/t15-/m1/s1. The van der Waals surface area contributed by atoms with Crippen molar-refractivity contribution in [1.82, 2.24) is 14.7 Å². The fourth-order valence-electron chi connectivity index (χ4n) is 3.81. The Morgan fingerprint density at radius 1 is 0.962 bits per heavy atom. The third-order valence-electron chi connectivity index (χ3n) is 5.23. The molecule has 7 heteroatoms. The Morgan fingerprint density at radius 2 is 1.69 bits per heavy atom. The van der Waals surface area contributed by atoms with Crippen molar-refractivity contribution in [2.75, 3.05) is 39.3 Å². The second-order valence-electron chi connectivity index (χ2n) is 6.79. The minimum Gasteiger partial charge on any atom is -0.338 e. The fourth-order valence-corrected chi connectivity index (χ4v) is 5.39. The summed E-state index contributed by atoms with van der Waals surface area (Å²) in [5.74, 6) is 0.279. The lowest BCUT2D eigenvalue weighted by atomic mass is 10.2. The van der Waals surface area contributed by atoms with Crippen LogP contribution < -0.4 is 0 Å². The quantitative estimate of drug-likeness (QED) is 0.808. The number of rotatable bonds is 4. The van der Waals surface area contributed by atoms with E-state index < -0.39 is 0 Å². The summed E-state index contributed by atoms with van der Waals surface area (Å²) in [5.41, 5.74) is 0. The molecule has 0 radical (unpaired) electrons. The van der Waals surface area contributed by atoms with Crippen molar-refractivity contribution in [2.24, 2.45) is 0 Å². The average Bonchev–Trinajstić information content (AvgIpc) is 3.42. The number of carbonyl (C=O) groups is 2. The second-order valence-corrected chi connectivity index (χ2v) is 8.72. The maximum atomic E-state index is 12.8. The van der Waals surface area contributed by atoms with Crippen LogP contribution in [0.1, 0.15) is 33.4 Å². The lowest BCUT2D eigenvalue weighted by Gasteiger charge is -2.36. The van der Waals surface area contributed by atoms with Crippen LogP contribution in [0.3, 0.4) is 0 Å². The highest BCUT2D eigenvalue weighted by atomic mass is 32.1. The molecule has 2 aromatic rings. The van der Waals surface area contributed by atoms with Crippen molar-refractivity contribution in [2.45, 2.75) is 18.9 Å². The van der Waals surface area contributed by atoms with Crippen molar-refractivity contribution in [3.63, 3.8) is 0 Å². The molecular weight excluding hydrogens is 366 g/mol. The van der Waals surface area contributed by atoms with E-state index in [-0.39, 0.29) is 11.8 Å². The molecule has 0 aliphatic carbocycles. The van der Waals surface area contributed by atoms with Crippen LogP contribution in [0.15, 0.2) is 35.0 Å². The molecule has 0 N–H and O–H groups in total. The summed E-state index contributed by atoms with van der Waals surface area (Å²) in [7, 11) is 0. The van der Waals surface area contributed by atoms with Crippen LogP contribution in [0, 0.1) is 0 Å². The normalized spacial score (nSPS) is 21.3. The van der Waals surface area contributed by atoms with Gasteiger partial charge >= 0.3 is 0 Å². The maximum absolute atomic E-state index is 12.8. The Morgan fingerprint density at radius 3 is 2.38 bits per heavy atom. The van der Waals surface area contributed by atoms with Crippen LogP contribution in [0.25, 0.3) is 0 Å². The number of amides is 2. The molecule has 0 saturated carbocycles. The zero-order valence-electron chi connectivity index (χ0n) is 14.7. The van der Waals surface area contributed by atoms with Crippen LogP contribution in [-0.2, 0) is 4.79 Å². The van der Waals surface area contributed by atoms with Gasteiger partial charge in [-0.3, -0.25) is 14.5 Å². The zero-order chi connectivity index (χ0) is 17.9. The predicted octanol–water partition coefficient (Wildman–Crippen LogP) is 2.93. The molecule has 0 aromatic carbocycles. The first-order valence-corrected chi connectivity index (χ1v) is 10.9. The summed E-state index contributed by atoms with van der Waals surface area (Å²) >= 11 is 3.25. The van der Waals surface area contributed by atoms with Crippen molar-refractivity contribution < 1.29 is 9.59 Å². The number of nitrogens with zero attached hydrogens (tertiary/aromatic N) is 3. The van der Waals surface area contributed by atoms with Gasteiger partial charge in [-0.1, -0.05) is 12.1 Å². The number of hydrogen-bond donors (Lipinski definition) is 0. The van der Waals surface area contributed by atoms with Crippen LogP contribution >= 0.6 is 22.7 Å². The van der Waals surface area contributed by atoms with Crippen LogP contribution in [0.4, 0.5) is 0 Å². The van der Waals surface area contributed by atoms with Gasteiger partial charge in [-0.05, 0) is 42.3 Å². The van der Waals surface area contributed by atoms with E-state index in [1.165, 1.54) is 16.2 Å². The van der Waals surface area contributed by atoms with Gasteiger partial charge < -0.3 is 9.80 Å². The summed E-state index contributed by atoms with van der Waals surface area (Å²) in [4.78, 5) is 33.4. The first kappa shape index (κ1) is 17.7. The van der Waals surface area contributed by atoms with E-state index in [4.69, 9.17) is 0 Å². The topological polar surface area (TPSA) is 43.9 Å². The molecule has 4 rings (SSSR count). The molecule has 2 saturated heterocycles. The lowest BCUT2D eigenvalue weighted by molar-refractivity contribution is -0.134. The highest BCUT2D eigenvalue weighted by Gasteiger charge is 2.31. The average molecular weight is 390 g/mol. The Balaban J connectivity index is 1.30. The molecule has 1 atom stereocenters. The van der Waals surface area contributed by atoms with E-state index in [1.54, 1.807) is 11.3 Å². The zero-order valence-corrected chi connectivity index (χ0v) is 16.3. The molecule has 26 heavy (non-hydrogen) atoms. The molecule has 5 nitrogen and oxygen atoms in total. The van der Waals surface area contributed by atoms with E-state index >= 15 is 0 Å². The van der Waals surface area contributed by atoms with Gasteiger partial charge in [-0.25, -0.2) is 0 Å².